The van der Waals surface area contributed by atoms with Crippen molar-refractivity contribution in [2.45, 2.75) is 43.8 Å². The molecule has 0 bridgehead atoms. The highest BCUT2D eigenvalue weighted by molar-refractivity contribution is 8.00. The second-order valence-electron chi connectivity index (χ2n) is 6.20. The minimum absolute atomic E-state index is 0.291. The second kappa shape index (κ2) is 4.62. The monoisotopic (exact) mass is 292 g/mol. The third kappa shape index (κ3) is 2.12. The van der Waals surface area contributed by atoms with Crippen LogP contribution < -0.4 is 0 Å². The first kappa shape index (κ1) is 14.2. The van der Waals surface area contributed by atoms with Crippen molar-refractivity contribution in [3.8, 4) is 0 Å². The highest BCUT2D eigenvalue weighted by atomic mass is 32.2. The van der Waals surface area contributed by atoms with E-state index < -0.39 is 18.3 Å². The molecule has 0 amide bonds. The fraction of sp³-hybridized carbons (Fsp3) is 0.467. The molecule has 1 saturated heterocycles. The summed E-state index contributed by atoms with van der Waals surface area (Å²) in [5.74, 6) is 0.634. The maximum Gasteiger partial charge on any atom is 0.525 e. The van der Waals surface area contributed by atoms with E-state index in [-0.39, 0.29) is 5.73 Å². The maximum atomic E-state index is 14.8. The summed E-state index contributed by atoms with van der Waals surface area (Å²) in [5.41, 5.74) is 0.344. The van der Waals surface area contributed by atoms with Crippen molar-refractivity contribution in [1.82, 2.24) is 0 Å². The molecule has 0 N–H and O–H groups in total. The van der Waals surface area contributed by atoms with Gasteiger partial charge in [0.15, 0.2) is 0 Å². The molecule has 1 aromatic carbocycles. The zero-order valence-corrected chi connectivity index (χ0v) is 13.0. The molecule has 0 aromatic heterocycles. The molecule has 1 fully saturated rings. The first-order valence-corrected chi connectivity index (χ1v) is 7.77. The van der Waals surface area contributed by atoms with Gasteiger partial charge in [-0.05, 0) is 44.9 Å². The molecule has 0 spiro atoms. The van der Waals surface area contributed by atoms with Gasteiger partial charge in [0.2, 0.25) is 0 Å². The van der Waals surface area contributed by atoms with Crippen molar-refractivity contribution >= 4 is 24.5 Å². The number of fused-ring (bicyclic) bond motifs is 1. The van der Waals surface area contributed by atoms with Crippen molar-refractivity contribution in [3.05, 3.63) is 35.6 Å². The van der Waals surface area contributed by atoms with Crippen molar-refractivity contribution in [2.24, 2.45) is 0 Å². The molecule has 2 heterocycles. The van der Waals surface area contributed by atoms with Crippen molar-refractivity contribution in [3.63, 3.8) is 0 Å². The van der Waals surface area contributed by atoms with Crippen LogP contribution in [0.4, 0.5) is 4.39 Å². The molecule has 0 atom stereocenters. The molecule has 2 nitrogen and oxygen atoms in total. The Morgan fingerprint density at radius 1 is 1.15 bits per heavy atom. The van der Waals surface area contributed by atoms with E-state index in [2.05, 4.69) is 0 Å². The Hall–Kier alpha value is -0.775. The molecule has 106 valence electrons. The minimum Gasteiger partial charge on any atom is -0.398 e. The van der Waals surface area contributed by atoms with Crippen LogP contribution in [-0.4, -0.2) is 24.1 Å². The lowest BCUT2D eigenvalue weighted by molar-refractivity contribution is 0.00578. The molecular weight excluding hydrogens is 274 g/mol. The molecule has 0 saturated carbocycles. The SMILES string of the molecule is CC1(C)OB(C(F)=C2CSc3ccccc32)OC1(C)C. The molecule has 20 heavy (non-hydrogen) atoms. The Morgan fingerprint density at radius 2 is 1.75 bits per heavy atom. The summed E-state index contributed by atoms with van der Waals surface area (Å²) in [6, 6.07) is 7.88. The zero-order chi connectivity index (χ0) is 14.5. The molecule has 2 aliphatic rings. The Morgan fingerprint density at radius 3 is 2.40 bits per heavy atom. The summed E-state index contributed by atoms with van der Waals surface area (Å²) in [5, 5.41) is 0. The highest BCUT2D eigenvalue weighted by Gasteiger charge is 2.53. The molecule has 0 aliphatic carbocycles. The van der Waals surface area contributed by atoms with Gasteiger partial charge in [0.1, 0.15) is 5.73 Å². The molecule has 0 radical (unpaired) electrons. The lowest BCUT2D eigenvalue weighted by Gasteiger charge is -2.32. The first-order valence-electron chi connectivity index (χ1n) is 6.78. The number of thioether (sulfide) groups is 1. The third-order valence-electron chi connectivity index (χ3n) is 4.33. The van der Waals surface area contributed by atoms with Crippen LogP contribution in [0.1, 0.15) is 33.3 Å². The van der Waals surface area contributed by atoms with Gasteiger partial charge >= 0.3 is 7.12 Å². The van der Waals surface area contributed by atoms with Crippen LogP contribution in [0.5, 0.6) is 0 Å². The predicted octanol–water partition coefficient (Wildman–Crippen LogP) is 4.10. The highest BCUT2D eigenvalue weighted by Crippen LogP contribution is 2.44. The van der Waals surface area contributed by atoms with Crippen LogP contribution in [0.15, 0.2) is 34.9 Å². The fourth-order valence-electron chi connectivity index (χ4n) is 2.36. The van der Waals surface area contributed by atoms with Gasteiger partial charge < -0.3 is 9.31 Å². The summed E-state index contributed by atoms with van der Waals surface area (Å²) >= 11 is 1.65. The van der Waals surface area contributed by atoms with Gasteiger partial charge in [0, 0.05) is 10.6 Å². The lowest BCUT2D eigenvalue weighted by atomic mass is 9.83. The van der Waals surface area contributed by atoms with E-state index in [0.29, 0.717) is 11.3 Å². The van der Waals surface area contributed by atoms with E-state index in [4.69, 9.17) is 9.31 Å². The summed E-state index contributed by atoms with van der Waals surface area (Å²) < 4.78 is 26.4. The van der Waals surface area contributed by atoms with Crippen molar-refractivity contribution in [1.29, 1.82) is 0 Å². The van der Waals surface area contributed by atoms with Gasteiger partial charge in [-0.2, -0.15) is 0 Å². The van der Waals surface area contributed by atoms with Crippen LogP contribution >= 0.6 is 11.8 Å². The van der Waals surface area contributed by atoms with Crippen LogP contribution in [0, 0.1) is 0 Å². The van der Waals surface area contributed by atoms with E-state index in [1.165, 1.54) is 0 Å². The predicted molar refractivity (Wildman–Crippen MR) is 81.3 cm³/mol. The summed E-state index contributed by atoms with van der Waals surface area (Å²) in [6.07, 6.45) is 0. The average Bonchev–Trinajstić information content (AvgIpc) is 2.88. The number of hydrogen-bond donors (Lipinski definition) is 0. The van der Waals surface area contributed by atoms with Crippen LogP contribution in [0.25, 0.3) is 5.57 Å². The van der Waals surface area contributed by atoms with Crippen LogP contribution in [0.2, 0.25) is 0 Å². The van der Waals surface area contributed by atoms with E-state index in [1.54, 1.807) is 11.8 Å². The van der Waals surface area contributed by atoms with E-state index in [0.717, 1.165) is 10.5 Å². The number of halogens is 1. The Kier molecular flexibility index (Phi) is 3.27. The van der Waals surface area contributed by atoms with E-state index in [1.807, 2.05) is 52.0 Å². The summed E-state index contributed by atoms with van der Waals surface area (Å²) in [7, 11) is -0.901. The number of rotatable bonds is 1. The van der Waals surface area contributed by atoms with Crippen molar-refractivity contribution in [2.75, 3.05) is 5.75 Å². The molecule has 0 unspecified atom stereocenters. The lowest BCUT2D eigenvalue weighted by Crippen LogP contribution is -2.41. The largest absolute Gasteiger partial charge is 0.525 e. The normalized spacial score (nSPS) is 25.8. The van der Waals surface area contributed by atoms with Gasteiger partial charge in [0.05, 0.1) is 11.2 Å². The van der Waals surface area contributed by atoms with Crippen LogP contribution in [-0.2, 0) is 9.31 Å². The molecular formula is C15H18BFO2S. The van der Waals surface area contributed by atoms with Crippen molar-refractivity contribution < 1.29 is 13.7 Å². The van der Waals surface area contributed by atoms with Gasteiger partial charge in [-0.25, -0.2) is 4.39 Å². The topological polar surface area (TPSA) is 18.5 Å². The van der Waals surface area contributed by atoms with Gasteiger partial charge in [0.25, 0.3) is 0 Å². The second-order valence-corrected chi connectivity index (χ2v) is 7.22. The standard InChI is InChI=1S/C15H18BFO2S/c1-14(2)15(3,4)19-16(18-14)13(17)11-9-20-12-8-6-5-7-10(11)12/h5-8H,9H2,1-4H3. The fourth-order valence-corrected chi connectivity index (χ4v) is 3.47. The smallest absolute Gasteiger partial charge is 0.398 e. The van der Waals surface area contributed by atoms with Crippen LogP contribution in [0.3, 0.4) is 0 Å². The van der Waals surface area contributed by atoms with Gasteiger partial charge in [-0.3, -0.25) is 0 Å². The molecule has 3 rings (SSSR count). The Labute approximate surface area is 123 Å². The Bertz CT molecular complexity index is 567. The Balaban J connectivity index is 1.95. The van der Waals surface area contributed by atoms with Gasteiger partial charge in [-0.1, -0.05) is 18.2 Å². The van der Waals surface area contributed by atoms with E-state index >= 15 is 0 Å². The first-order chi connectivity index (χ1) is 9.32. The quantitative estimate of drug-likeness (QED) is 0.726. The molecule has 1 aromatic rings. The molecule has 2 aliphatic heterocycles. The minimum atomic E-state index is -0.901. The maximum absolute atomic E-state index is 14.8. The average molecular weight is 292 g/mol. The molecule has 5 heteroatoms. The zero-order valence-electron chi connectivity index (χ0n) is 12.2. The van der Waals surface area contributed by atoms with E-state index in [9.17, 15) is 4.39 Å². The third-order valence-corrected chi connectivity index (χ3v) is 5.43. The number of hydrogen-bond acceptors (Lipinski definition) is 3. The summed E-state index contributed by atoms with van der Waals surface area (Å²) in [6.45, 7) is 7.73. The summed E-state index contributed by atoms with van der Waals surface area (Å²) in [4.78, 5) is 1.12. The number of benzene rings is 1. The van der Waals surface area contributed by atoms with Gasteiger partial charge in [-0.15, -0.1) is 11.8 Å².